The molecule has 27 valence electrons. The van der Waals surface area contributed by atoms with Crippen LogP contribution < -0.4 is 0 Å². The Morgan fingerprint density at radius 2 is 2.25 bits per heavy atom. The van der Waals surface area contributed by atoms with Gasteiger partial charge in [-0.1, -0.05) is 0 Å². The van der Waals surface area contributed by atoms with Crippen molar-refractivity contribution in [1.29, 1.82) is 0 Å². The molecule has 1 unspecified atom stereocenters. The molecule has 1 heterocycles. The van der Waals surface area contributed by atoms with Crippen molar-refractivity contribution in [3.63, 3.8) is 0 Å². The molecule has 1 rings (SSSR count). The van der Waals surface area contributed by atoms with E-state index in [0.717, 1.165) is 4.85 Å². The molecule has 1 aliphatic heterocycles. The standard InChI is InChI=1S/C3H6.Co/c1-3-2;/h3H,1H2,2H3;. The summed E-state index contributed by atoms with van der Waals surface area (Å²) >= 11 is 1.69. The summed E-state index contributed by atoms with van der Waals surface area (Å²) < 4.78 is 0. The maximum atomic E-state index is 2.26. The third-order valence-electron chi connectivity index (χ3n) is 0.408. The Bertz CT molecular complexity index is 22.5. The second-order valence-corrected chi connectivity index (χ2v) is 2.88. The normalized spacial score (nSPS) is 41.8. The molecule has 0 spiro atoms. The average Bonchev–Trinajstić information content (AvgIpc) is 1.75. The van der Waals surface area contributed by atoms with Gasteiger partial charge in [0.15, 0.2) is 0 Å². The fraction of sp³-hybridized carbons (Fsp3) is 1.00. The summed E-state index contributed by atoms with van der Waals surface area (Å²) in [5, 5.41) is 1.45. The van der Waals surface area contributed by atoms with Crippen molar-refractivity contribution in [2.45, 2.75) is 17.1 Å². The molecule has 0 amide bonds. The first-order chi connectivity index (χ1) is 1.89. The van der Waals surface area contributed by atoms with E-state index in [1.165, 1.54) is 5.36 Å². The Morgan fingerprint density at radius 3 is 2.25 bits per heavy atom. The minimum absolute atomic E-state index is 1.05. The molecular weight excluding hydrogens is 95.0 g/mol. The van der Waals surface area contributed by atoms with Crippen LogP contribution in [0.1, 0.15) is 6.92 Å². The fourth-order valence-corrected chi connectivity index (χ4v) is 0.324. The zero-order chi connectivity index (χ0) is 2.99. The van der Waals surface area contributed by atoms with Gasteiger partial charge in [0, 0.05) is 0 Å². The first kappa shape index (κ1) is 2.73. The van der Waals surface area contributed by atoms with Crippen LogP contribution >= 0.6 is 0 Å². The van der Waals surface area contributed by atoms with Gasteiger partial charge in [0.05, 0.1) is 0 Å². The van der Waals surface area contributed by atoms with Crippen LogP contribution in [-0.2, 0) is 14.7 Å². The molecule has 1 fully saturated rings. The second-order valence-electron chi connectivity index (χ2n) is 1.01. The summed E-state index contributed by atoms with van der Waals surface area (Å²) in [5.41, 5.74) is 0. The third-order valence-corrected chi connectivity index (χ3v) is 1.68. The Morgan fingerprint density at radius 1 is 2.00 bits per heavy atom. The van der Waals surface area contributed by atoms with E-state index in [0.29, 0.717) is 0 Å². The monoisotopic (exact) mass is 101 g/mol. The van der Waals surface area contributed by atoms with Crippen LogP contribution in [0.25, 0.3) is 0 Å². The molecule has 0 nitrogen and oxygen atoms in total. The maximum absolute atomic E-state index is 2.26. The molecule has 0 bridgehead atoms. The summed E-state index contributed by atoms with van der Waals surface area (Å²) in [6.07, 6.45) is 0. The fourth-order valence-electron chi connectivity index (χ4n) is 0.0786. The molecule has 0 N–H and O–H groups in total. The summed E-state index contributed by atoms with van der Waals surface area (Å²) in [6.45, 7) is 2.26. The summed E-state index contributed by atoms with van der Waals surface area (Å²) in [5.74, 6) is 0. The van der Waals surface area contributed by atoms with Crippen molar-refractivity contribution >= 4 is 0 Å². The molecule has 1 aliphatic rings. The van der Waals surface area contributed by atoms with E-state index < -0.39 is 0 Å². The van der Waals surface area contributed by atoms with Crippen LogP contribution in [0.5, 0.6) is 0 Å². The van der Waals surface area contributed by atoms with Crippen molar-refractivity contribution < 1.29 is 14.7 Å². The van der Waals surface area contributed by atoms with E-state index in [2.05, 4.69) is 6.92 Å². The van der Waals surface area contributed by atoms with Crippen molar-refractivity contribution in [3.05, 3.63) is 0 Å². The molecular formula is C3H6Co. The zero-order valence-electron chi connectivity index (χ0n) is 2.62. The Labute approximate surface area is 32.6 Å². The molecule has 0 aromatic heterocycles. The van der Waals surface area contributed by atoms with Crippen LogP contribution in [0.4, 0.5) is 0 Å². The van der Waals surface area contributed by atoms with Crippen molar-refractivity contribution in [2.24, 2.45) is 0 Å². The number of hydrogen-bond donors (Lipinski definition) is 0. The predicted molar refractivity (Wildman–Crippen MR) is 14.2 cm³/mol. The first-order valence-corrected chi connectivity index (χ1v) is 2.75. The summed E-state index contributed by atoms with van der Waals surface area (Å²) in [7, 11) is 0. The van der Waals surface area contributed by atoms with E-state index >= 15 is 0 Å². The van der Waals surface area contributed by atoms with Gasteiger partial charge in [0.25, 0.3) is 0 Å². The molecule has 0 aromatic rings. The zero-order valence-corrected chi connectivity index (χ0v) is 3.66. The molecule has 1 heteroatoms. The third kappa shape index (κ3) is 0.463. The van der Waals surface area contributed by atoms with E-state index in [1.807, 2.05) is 0 Å². The Kier molecular flexibility index (Phi) is 0.496. The Balaban J connectivity index is 2.17. The summed E-state index contributed by atoms with van der Waals surface area (Å²) in [4.78, 5) is 1.05. The van der Waals surface area contributed by atoms with Crippen LogP contribution in [-0.4, -0.2) is 0 Å². The number of rotatable bonds is 0. The SMILES string of the molecule is C[CH]1[CH2][Co]1. The van der Waals surface area contributed by atoms with Gasteiger partial charge >= 0.3 is 31.8 Å². The van der Waals surface area contributed by atoms with Gasteiger partial charge in [-0.2, -0.15) is 0 Å². The van der Waals surface area contributed by atoms with Crippen LogP contribution in [0.3, 0.4) is 0 Å². The van der Waals surface area contributed by atoms with Crippen molar-refractivity contribution in [1.82, 2.24) is 0 Å². The van der Waals surface area contributed by atoms with Crippen LogP contribution in [0.15, 0.2) is 0 Å². The number of hydrogen-bond acceptors (Lipinski definition) is 0. The summed E-state index contributed by atoms with van der Waals surface area (Å²) in [6, 6.07) is 0. The van der Waals surface area contributed by atoms with Gasteiger partial charge in [-0.3, -0.25) is 0 Å². The quantitative estimate of drug-likeness (QED) is 0.431. The predicted octanol–water partition coefficient (Wildman–Crippen LogP) is 1.31. The van der Waals surface area contributed by atoms with Gasteiger partial charge in [0.1, 0.15) is 0 Å². The molecule has 1 atom stereocenters. The molecule has 0 saturated carbocycles. The first-order valence-electron chi connectivity index (χ1n) is 1.41. The van der Waals surface area contributed by atoms with Gasteiger partial charge in [0.2, 0.25) is 0 Å². The molecule has 4 heavy (non-hydrogen) atoms. The van der Waals surface area contributed by atoms with Crippen LogP contribution in [0.2, 0.25) is 10.2 Å². The van der Waals surface area contributed by atoms with E-state index in [1.54, 1.807) is 14.7 Å². The average molecular weight is 101 g/mol. The van der Waals surface area contributed by atoms with E-state index in [4.69, 9.17) is 0 Å². The van der Waals surface area contributed by atoms with Crippen molar-refractivity contribution in [2.75, 3.05) is 0 Å². The van der Waals surface area contributed by atoms with Crippen LogP contribution in [0, 0.1) is 0 Å². The molecule has 0 aromatic carbocycles. The second kappa shape index (κ2) is 0.727. The van der Waals surface area contributed by atoms with Gasteiger partial charge in [-0.15, -0.1) is 0 Å². The molecule has 1 saturated heterocycles. The molecule has 0 aliphatic carbocycles. The van der Waals surface area contributed by atoms with Gasteiger partial charge < -0.3 is 0 Å². The Hall–Kier alpha value is 0.506. The minimum atomic E-state index is 1.05. The van der Waals surface area contributed by atoms with E-state index in [-0.39, 0.29) is 0 Å². The van der Waals surface area contributed by atoms with Gasteiger partial charge in [-0.25, -0.2) is 0 Å². The topological polar surface area (TPSA) is 0 Å². The van der Waals surface area contributed by atoms with Gasteiger partial charge in [-0.05, 0) is 0 Å². The van der Waals surface area contributed by atoms with E-state index in [9.17, 15) is 0 Å². The molecule has 0 radical (unpaired) electrons. The van der Waals surface area contributed by atoms with Crippen molar-refractivity contribution in [3.8, 4) is 0 Å².